The highest BCUT2D eigenvalue weighted by molar-refractivity contribution is 6.31. The van der Waals surface area contributed by atoms with E-state index in [1.807, 2.05) is 51.1 Å². The van der Waals surface area contributed by atoms with Crippen molar-refractivity contribution in [3.05, 3.63) is 64.7 Å². The van der Waals surface area contributed by atoms with Crippen LogP contribution in [0.15, 0.2) is 48.5 Å². The molecule has 2 rings (SSSR count). The fourth-order valence-corrected chi connectivity index (χ4v) is 2.65. The molecule has 0 aliphatic rings. The SMILES string of the molecule is CC(C)(C)N(Cc1ccccc1)C(=O)COC(=O)c1ccc(Cl)cc1N. The molecule has 0 aromatic heterocycles. The Hall–Kier alpha value is -2.53. The predicted octanol–water partition coefficient (Wildman–Crippen LogP) is 3.91. The number of anilines is 1. The molecule has 2 N–H and O–H groups in total. The van der Waals surface area contributed by atoms with Crippen molar-refractivity contribution in [3.63, 3.8) is 0 Å². The number of halogens is 1. The van der Waals surface area contributed by atoms with Gasteiger partial charge in [0.05, 0.1) is 5.56 Å². The summed E-state index contributed by atoms with van der Waals surface area (Å²) in [6.45, 7) is 5.89. The lowest BCUT2D eigenvalue weighted by Crippen LogP contribution is -2.46. The fraction of sp³-hybridized carbons (Fsp3) is 0.300. The maximum Gasteiger partial charge on any atom is 0.340 e. The second-order valence-electron chi connectivity index (χ2n) is 6.94. The highest BCUT2D eigenvalue weighted by Gasteiger charge is 2.27. The van der Waals surface area contributed by atoms with Crippen molar-refractivity contribution in [1.29, 1.82) is 0 Å². The first-order chi connectivity index (χ1) is 12.2. The van der Waals surface area contributed by atoms with Crippen LogP contribution < -0.4 is 5.73 Å². The number of carbonyl (C=O) groups excluding carboxylic acids is 2. The molecule has 1 amide bonds. The number of nitrogen functional groups attached to an aromatic ring is 1. The van der Waals surface area contributed by atoms with E-state index in [9.17, 15) is 9.59 Å². The monoisotopic (exact) mass is 374 g/mol. The van der Waals surface area contributed by atoms with Crippen LogP contribution in [0.5, 0.6) is 0 Å². The first-order valence-electron chi connectivity index (χ1n) is 8.25. The zero-order valence-electron chi connectivity index (χ0n) is 15.2. The van der Waals surface area contributed by atoms with Crippen molar-refractivity contribution in [1.82, 2.24) is 4.90 Å². The molecule has 138 valence electrons. The topological polar surface area (TPSA) is 72.6 Å². The Morgan fingerprint density at radius 2 is 1.77 bits per heavy atom. The standard InChI is InChI=1S/C20H23ClN2O3/c1-20(2,3)23(12-14-7-5-4-6-8-14)18(24)13-26-19(25)16-10-9-15(21)11-17(16)22/h4-11H,12-13,22H2,1-3H3. The third-order valence-electron chi connectivity index (χ3n) is 3.85. The Kier molecular flexibility index (Phi) is 6.27. The van der Waals surface area contributed by atoms with E-state index >= 15 is 0 Å². The summed E-state index contributed by atoms with van der Waals surface area (Å²) >= 11 is 5.83. The van der Waals surface area contributed by atoms with Crippen molar-refractivity contribution < 1.29 is 14.3 Å². The normalized spacial score (nSPS) is 11.1. The van der Waals surface area contributed by atoms with Gasteiger partial charge in [0.25, 0.3) is 5.91 Å². The number of hydrogen-bond donors (Lipinski definition) is 1. The lowest BCUT2D eigenvalue weighted by Gasteiger charge is -2.35. The molecule has 0 atom stereocenters. The van der Waals surface area contributed by atoms with Gasteiger partial charge in [-0.3, -0.25) is 4.79 Å². The summed E-state index contributed by atoms with van der Waals surface area (Å²) < 4.78 is 5.17. The molecule has 0 aliphatic carbocycles. The van der Waals surface area contributed by atoms with Gasteiger partial charge in [-0.15, -0.1) is 0 Å². The van der Waals surface area contributed by atoms with Gasteiger partial charge in [-0.25, -0.2) is 4.79 Å². The molecule has 2 aromatic rings. The summed E-state index contributed by atoms with van der Waals surface area (Å²) in [5, 5.41) is 0.428. The molecule has 5 nitrogen and oxygen atoms in total. The van der Waals surface area contributed by atoms with Crippen molar-refractivity contribution in [2.75, 3.05) is 12.3 Å². The van der Waals surface area contributed by atoms with Crippen LogP contribution in [0.1, 0.15) is 36.7 Å². The summed E-state index contributed by atoms with van der Waals surface area (Å²) in [6, 6.07) is 14.2. The van der Waals surface area contributed by atoms with Gasteiger partial charge < -0.3 is 15.4 Å². The number of benzene rings is 2. The van der Waals surface area contributed by atoms with Gasteiger partial charge in [0, 0.05) is 22.8 Å². The number of esters is 1. The molecule has 0 saturated heterocycles. The van der Waals surface area contributed by atoms with Crippen LogP contribution in [0.25, 0.3) is 0 Å². The Morgan fingerprint density at radius 3 is 2.35 bits per heavy atom. The highest BCUT2D eigenvalue weighted by atomic mass is 35.5. The second-order valence-corrected chi connectivity index (χ2v) is 7.38. The predicted molar refractivity (Wildman–Crippen MR) is 103 cm³/mol. The van der Waals surface area contributed by atoms with Gasteiger partial charge >= 0.3 is 5.97 Å². The number of nitrogens with zero attached hydrogens (tertiary/aromatic N) is 1. The summed E-state index contributed by atoms with van der Waals surface area (Å²) in [5.74, 6) is -0.927. The van der Waals surface area contributed by atoms with Crippen LogP contribution in [0.4, 0.5) is 5.69 Å². The Bertz CT molecular complexity index is 785. The second kappa shape index (κ2) is 8.23. The Labute approximate surface area is 158 Å². The first-order valence-corrected chi connectivity index (χ1v) is 8.63. The van der Waals surface area contributed by atoms with E-state index in [0.717, 1.165) is 5.56 Å². The molecular weight excluding hydrogens is 352 g/mol. The van der Waals surface area contributed by atoms with Gasteiger partial charge in [0.1, 0.15) is 0 Å². The molecule has 26 heavy (non-hydrogen) atoms. The van der Waals surface area contributed by atoms with Crippen LogP contribution in [0.2, 0.25) is 5.02 Å². The fourth-order valence-electron chi connectivity index (χ4n) is 2.47. The lowest BCUT2D eigenvalue weighted by molar-refractivity contribution is -0.140. The number of carbonyl (C=O) groups is 2. The molecule has 0 unspecified atom stereocenters. The molecule has 0 fully saturated rings. The van der Waals surface area contributed by atoms with Crippen molar-refractivity contribution in [2.24, 2.45) is 0 Å². The Morgan fingerprint density at radius 1 is 1.12 bits per heavy atom. The van der Waals surface area contributed by atoms with Crippen molar-refractivity contribution in [3.8, 4) is 0 Å². The molecular formula is C20H23ClN2O3. The minimum absolute atomic E-state index is 0.188. The van der Waals surface area contributed by atoms with Gasteiger partial charge in [-0.05, 0) is 44.5 Å². The maximum atomic E-state index is 12.7. The van der Waals surface area contributed by atoms with E-state index in [4.69, 9.17) is 22.1 Å². The lowest BCUT2D eigenvalue weighted by atomic mass is 10.0. The van der Waals surface area contributed by atoms with E-state index in [0.29, 0.717) is 11.6 Å². The zero-order chi connectivity index (χ0) is 19.3. The maximum absolute atomic E-state index is 12.7. The summed E-state index contributed by atoms with van der Waals surface area (Å²) in [7, 11) is 0. The van der Waals surface area contributed by atoms with Gasteiger partial charge in [-0.1, -0.05) is 41.9 Å². The van der Waals surface area contributed by atoms with E-state index < -0.39 is 11.5 Å². The largest absolute Gasteiger partial charge is 0.452 e. The van der Waals surface area contributed by atoms with E-state index in [1.54, 1.807) is 11.0 Å². The first kappa shape index (κ1) is 19.8. The van der Waals surface area contributed by atoms with Crippen molar-refractivity contribution in [2.45, 2.75) is 32.9 Å². The third kappa shape index (κ3) is 5.23. The van der Waals surface area contributed by atoms with E-state index in [1.165, 1.54) is 12.1 Å². The van der Waals surface area contributed by atoms with Crippen LogP contribution >= 0.6 is 11.6 Å². The highest BCUT2D eigenvalue weighted by Crippen LogP contribution is 2.20. The van der Waals surface area contributed by atoms with Gasteiger partial charge in [-0.2, -0.15) is 0 Å². The molecule has 6 heteroatoms. The average molecular weight is 375 g/mol. The number of rotatable bonds is 5. The minimum Gasteiger partial charge on any atom is -0.452 e. The number of nitrogens with two attached hydrogens (primary N) is 1. The Balaban J connectivity index is 2.06. The molecule has 0 radical (unpaired) electrons. The van der Waals surface area contributed by atoms with E-state index in [-0.39, 0.29) is 23.8 Å². The number of hydrogen-bond acceptors (Lipinski definition) is 4. The summed E-state index contributed by atoms with van der Waals surface area (Å²) in [6.07, 6.45) is 0. The molecule has 0 spiro atoms. The average Bonchev–Trinajstić information content (AvgIpc) is 2.57. The summed E-state index contributed by atoms with van der Waals surface area (Å²) in [4.78, 5) is 26.5. The molecule has 0 bridgehead atoms. The van der Waals surface area contributed by atoms with Gasteiger partial charge in [0.2, 0.25) is 0 Å². The van der Waals surface area contributed by atoms with Gasteiger partial charge in [0.15, 0.2) is 6.61 Å². The third-order valence-corrected chi connectivity index (χ3v) is 4.09. The van der Waals surface area contributed by atoms with Crippen LogP contribution in [-0.2, 0) is 16.1 Å². The molecule has 0 aliphatic heterocycles. The summed E-state index contributed by atoms with van der Waals surface area (Å²) in [5.41, 5.74) is 6.77. The smallest absolute Gasteiger partial charge is 0.340 e. The minimum atomic E-state index is -0.652. The zero-order valence-corrected chi connectivity index (χ0v) is 15.9. The quantitative estimate of drug-likeness (QED) is 0.636. The molecule has 0 saturated carbocycles. The van der Waals surface area contributed by atoms with Crippen LogP contribution in [0, 0.1) is 0 Å². The number of amides is 1. The number of ether oxygens (including phenoxy) is 1. The molecule has 0 heterocycles. The van der Waals surface area contributed by atoms with Crippen LogP contribution in [0.3, 0.4) is 0 Å². The van der Waals surface area contributed by atoms with Crippen LogP contribution in [-0.4, -0.2) is 28.9 Å². The van der Waals surface area contributed by atoms with Crippen molar-refractivity contribution >= 4 is 29.2 Å². The molecule has 2 aromatic carbocycles. The van der Waals surface area contributed by atoms with E-state index in [2.05, 4.69) is 0 Å².